The number of nitrogen functional groups attached to an aromatic ring is 1. The number of hydrogen-bond acceptors (Lipinski definition) is 5. The smallest absolute Gasteiger partial charge is 0.224 e. The molecule has 110 valence electrons. The third-order valence-corrected chi connectivity index (χ3v) is 3.45. The van der Waals surface area contributed by atoms with E-state index in [2.05, 4.69) is 4.98 Å². The first kappa shape index (κ1) is 14.7. The maximum Gasteiger partial charge on any atom is 0.224 e. The minimum Gasteiger partial charge on any atom is -0.384 e. The molecule has 6 nitrogen and oxygen atoms in total. The van der Waals surface area contributed by atoms with Gasteiger partial charge in [0.25, 0.3) is 0 Å². The molecule has 2 rings (SSSR count). The molecule has 0 unspecified atom stereocenters. The van der Waals surface area contributed by atoms with Crippen LogP contribution in [0, 0.1) is 0 Å². The Morgan fingerprint density at radius 3 is 3.15 bits per heavy atom. The highest BCUT2D eigenvalue weighted by molar-refractivity contribution is 5.76. The standard InChI is InChI=1S/C14H22N4O2/c15-5-3-14(19)18-7-8-20-12(10-18)2-1-11-4-6-17-13(16)9-11/h4,6,9,12H,1-3,5,7-8,10,15H2,(H2,16,17)/t12-/m1/s1. The zero-order valence-corrected chi connectivity index (χ0v) is 11.6. The zero-order valence-electron chi connectivity index (χ0n) is 11.6. The van der Waals surface area contributed by atoms with Gasteiger partial charge in [-0.1, -0.05) is 0 Å². The number of pyridine rings is 1. The Morgan fingerprint density at radius 2 is 2.40 bits per heavy atom. The van der Waals surface area contributed by atoms with Gasteiger partial charge in [0.1, 0.15) is 5.82 Å². The summed E-state index contributed by atoms with van der Waals surface area (Å²) in [6.07, 6.45) is 3.95. The molecule has 4 N–H and O–H groups in total. The summed E-state index contributed by atoms with van der Waals surface area (Å²) in [5.74, 6) is 0.653. The van der Waals surface area contributed by atoms with Crippen LogP contribution in [0.4, 0.5) is 5.82 Å². The van der Waals surface area contributed by atoms with E-state index >= 15 is 0 Å². The molecule has 2 heterocycles. The van der Waals surface area contributed by atoms with E-state index in [9.17, 15) is 4.79 Å². The van der Waals surface area contributed by atoms with Gasteiger partial charge in [-0.2, -0.15) is 0 Å². The van der Waals surface area contributed by atoms with E-state index in [1.165, 1.54) is 0 Å². The number of anilines is 1. The van der Waals surface area contributed by atoms with Gasteiger partial charge in [0.15, 0.2) is 0 Å². The van der Waals surface area contributed by atoms with Crippen LogP contribution in [0.5, 0.6) is 0 Å². The van der Waals surface area contributed by atoms with E-state index in [0.29, 0.717) is 38.5 Å². The fourth-order valence-electron chi connectivity index (χ4n) is 2.38. The number of nitrogens with zero attached hydrogens (tertiary/aromatic N) is 2. The molecule has 1 aliphatic rings. The molecule has 0 radical (unpaired) electrons. The van der Waals surface area contributed by atoms with Crippen molar-refractivity contribution in [3.8, 4) is 0 Å². The Hall–Kier alpha value is -1.66. The predicted molar refractivity (Wildman–Crippen MR) is 77.0 cm³/mol. The molecule has 0 aromatic carbocycles. The van der Waals surface area contributed by atoms with Crippen molar-refractivity contribution in [1.29, 1.82) is 0 Å². The van der Waals surface area contributed by atoms with Gasteiger partial charge in [0.2, 0.25) is 5.91 Å². The van der Waals surface area contributed by atoms with Crippen LogP contribution in [-0.4, -0.2) is 48.1 Å². The third-order valence-electron chi connectivity index (χ3n) is 3.45. The van der Waals surface area contributed by atoms with E-state index in [-0.39, 0.29) is 12.0 Å². The van der Waals surface area contributed by atoms with Crippen LogP contribution in [0.3, 0.4) is 0 Å². The lowest BCUT2D eigenvalue weighted by Crippen LogP contribution is -2.46. The molecular weight excluding hydrogens is 256 g/mol. The molecule has 0 spiro atoms. The first-order valence-electron chi connectivity index (χ1n) is 6.99. The largest absolute Gasteiger partial charge is 0.384 e. The molecule has 6 heteroatoms. The summed E-state index contributed by atoms with van der Waals surface area (Å²) in [5, 5.41) is 0. The Labute approximate surface area is 119 Å². The Bertz CT molecular complexity index is 453. The quantitative estimate of drug-likeness (QED) is 0.801. The van der Waals surface area contributed by atoms with Gasteiger partial charge < -0.3 is 21.1 Å². The summed E-state index contributed by atoms with van der Waals surface area (Å²) >= 11 is 0. The molecule has 1 atom stereocenters. The number of ether oxygens (including phenoxy) is 1. The molecule has 1 aliphatic heterocycles. The Kier molecular flexibility index (Phi) is 5.31. The van der Waals surface area contributed by atoms with Crippen LogP contribution >= 0.6 is 0 Å². The summed E-state index contributed by atoms with van der Waals surface area (Å²) in [6, 6.07) is 3.83. The van der Waals surface area contributed by atoms with Gasteiger partial charge >= 0.3 is 0 Å². The second kappa shape index (κ2) is 7.21. The number of aryl methyl sites for hydroxylation is 1. The third kappa shape index (κ3) is 4.18. The molecule has 0 saturated carbocycles. The molecule has 20 heavy (non-hydrogen) atoms. The summed E-state index contributed by atoms with van der Waals surface area (Å²) < 4.78 is 5.72. The van der Waals surface area contributed by atoms with Crippen molar-refractivity contribution in [2.45, 2.75) is 25.4 Å². The average molecular weight is 278 g/mol. The fourth-order valence-corrected chi connectivity index (χ4v) is 2.38. The monoisotopic (exact) mass is 278 g/mol. The van der Waals surface area contributed by atoms with Crippen LogP contribution in [0.1, 0.15) is 18.4 Å². The number of carbonyl (C=O) groups excluding carboxylic acids is 1. The van der Waals surface area contributed by atoms with Crippen molar-refractivity contribution in [2.24, 2.45) is 5.73 Å². The number of rotatable bonds is 5. The fraction of sp³-hybridized carbons (Fsp3) is 0.571. The lowest BCUT2D eigenvalue weighted by Gasteiger charge is -2.33. The van der Waals surface area contributed by atoms with Crippen molar-refractivity contribution in [1.82, 2.24) is 9.88 Å². The molecule has 1 aromatic heterocycles. The summed E-state index contributed by atoms with van der Waals surface area (Å²) in [7, 11) is 0. The van der Waals surface area contributed by atoms with Crippen LogP contribution in [0.2, 0.25) is 0 Å². The Balaban J connectivity index is 1.82. The summed E-state index contributed by atoms with van der Waals surface area (Å²) in [5.41, 5.74) is 12.2. The number of hydrogen-bond donors (Lipinski definition) is 2. The van der Waals surface area contributed by atoms with Gasteiger partial charge in [-0.05, 0) is 30.5 Å². The maximum absolute atomic E-state index is 11.8. The predicted octanol–water partition coefficient (Wildman–Crippen LogP) is 0.173. The summed E-state index contributed by atoms with van der Waals surface area (Å²) in [4.78, 5) is 17.6. The average Bonchev–Trinajstić information content (AvgIpc) is 2.46. The van der Waals surface area contributed by atoms with Crippen molar-refractivity contribution >= 4 is 11.7 Å². The normalized spacial score (nSPS) is 19.1. The number of amides is 1. The number of nitrogens with two attached hydrogens (primary N) is 2. The van der Waals surface area contributed by atoms with Gasteiger partial charge in [-0.15, -0.1) is 0 Å². The number of morpholine rings is 1. The van der Waals surface area contributed by atoms with E-state index in [1.54, 1.807) is 6.20 Å². The highest BCUT2D eigenvalue weighted by Crippen LogP contribution is 2.14. The topological polar surface area (TPSA) is 94.5 Å². The van der Waals surface area contributed by atoms with Crippen molar-refractivity contribution < 1.29 is 9.53 Å². The highest BCUT2D eigenvalue weighted by atomic mass is 16.5. The first-order valence-corrected chi connectivity index (χ1v) is 6.99. The highest BCUT2D eigenvalue weighted by Gasteiger charge is 2.23. The Morgan fingerprint density at radius 1 is 1.55 bits per heavy atom. The van der Waals surface area contributed by atoms with Crippen LogP contribution in [-0.2, 0) is 16.0 Å². The second-order valence-corrected chi connectivity index (χ2v) is 5.00. The van der Waals surface area contributed by atoms with Crippen LogP contribution < -0.4 is 11.5 Å². The summed E-state index contributed by atoms with van der Waals surface area (Å²) in [6.45, 7) is 2.31. The van der Waals surface area contributed by atoms with Crippen LogP contribution in [0.15, 0.2) is 18.3 Å². The molecule has 1 aromatic rings. The molecule has 1 fully saturated rings. The molecular formula is C14H22N4O2. The van der Waals surface area contributed by atoms with Crippen molar-refractivity contribution in [3.05, 3.63) is 23.9 Å². The SMILES string of the molecule is NCCC(=O)N1CCO[C@H](CCc2ccnc(N)c2)C1. The lowest BCUT2D eigenvalue weighted by molar-refractivity contribution is -0.138. The first-order chi connectivity index (χ1) is 9.69. The number of carbonyl (C=O) groups is 1. The van der Waals surface area contributed by atoms with E-state index < -0.39 is 0 Å². The zero-order chi connectivity index (χ0) is 14.4. The minimum atomic E-state index is 0.0832. The molecule has 0 bridgehead atoms. The second-order valence-electron chi connectivity index (χ2n) is 5.00. The van der Waals surface area contributed by atoms with Crippen molar-refractivity contribution in [3.63, 3.8) is 0 Å². The molecule has 0 aliphatic carbocycles. The number of aromatic nitrogens is 1. The lowest BCUT2D eigenvalue weighted by atomic mass is 10.1. The van der Waals surface area contributed by atoms with Gasteiger partial charge in [0, 0.05) is 32.3 Å². The molecule has 1 amide bonds. The minimum absolute atomic E-state index is 0.0832. The van der Waals surface area contributed by atoms with E-state index in [4.69, 9.17) is 16.2 Å². The van der Waals surface area contributed by atoms with E-state index in [1.807, 2.05) is 17.0 Å². The van der Waals surface area contributed by atoms with Gasteiger partial charge in [0.05, 0.1) is 12.7 Å². The maximum atomic E-state index is 11.8. The molecule has 1 saturated heterocycles. The van der Waals surface area contributed by atoms with Crippen molar-refractivity contribution in [2.75, 3.05) is 32.0 Å². The van der Waals surface area contributed by atoms with E-state index in [0.717, 1.165) is 18.4 Å². The van der Waals surface area contributed by atoms with Gasteiger partial charge in [-0.25, -0.2) is 4.98 Å². The van der Waals surface area contributed by atoms with Crippen LogP contribution in [0.25, 0.3) is 0 Å². The van der Waals surface area contributed by atoms with Gasteiger partial charge in [-0.3, -0.25) is 4.79 Å².